The summed E-state index contributed by atoms with van der Waals surface area (Å²) in [6.07, 6.45) is 4.98. The van der Waals surface area contributed by atoms with Gasteiger partial charge in [-0.25, -0.2) is 0 Å². The summed E-state index contributed by atoms with van der Waals surface area (Å²) in [6, 6.07) is 5.38. The third-order valence-corrected chi connectivity index (χ3v) is 3.57. The zero-order valence-electron chi connectivity index (χ0n) is 11.6. The van der Waals surface area contributed by atoms with Crippen molar-refractivity contribution in [3.63, 3.8) is 0 Å². The number of hydrogen-bond donors (Lipinski definition) is 1. The first-order valence-electron chi connectivity index (χ1n) is 6.23. The molecule has 104 valence electrons. The van der Waals surface area contributed by atoms with Gasteiger partial charge in [0.05, 0.1) is 17.1 Å². The fourth-order valence-electron chi connectivity index (χ4n) is 2.58. The standard InChI is InChI=1S/C13H16N6O/c1-17-10(4-7-14-17)13(20,11-5-8-15-18(11)2)12-6-9-16-19(12)3/h4-9,20H,1-3H3. The molecule has 0 aliphatic rings. The van der Waals surface area contributed by atoms with Crippen LogP contribution in [0.3, 0.4) is 0 Å². The summed E-state index contributed by atoms with van der Waals surface area (Å²) in [5.74, 6) is 0. The first-order chi connectivity index (χ1) is 9.55. The predicted molar refractivity (Wildman–Crippen MR) is 71.7 cm³/mol. The second-order valence-corrected chi connectivity index (χ2v) is 4.73. The Morgan fingerprint density at radius 2 is 1.05 bits per heavy atom. The third-order valence-electron chi connectivity index (χ3n) is 3.57. The smallest absolute Gasteiger partial charge is 0.190 e. The molecule has 0 unspecified atom stereocenters. The van der Waals surface area contributed by atoms with E-state index in [9.17, 15) is 5.11 Å². The van der Waals surface area contributed by atoms with Crippen molar-refractivity contribution in [2.24, 2.45) is 21.1 Å². The molecule has 0 amide bonds. The molecule has 0 saturated carbocycles. The summed E-state index contributed by atoms with van der Waals surface area (Å²) < 4.78 is 4.96. The maximum Gasteiger partial charge on any atom is 0.190 e. The molecule has 0 bridgehead atoms. The van der Waals surface area contributed by atoms with E-state index >= 15 is 0 Å². The van der Waals surface area contributed by atoms with Gasteiger partial charge in [-0.3, -0.25) is 14.0 Å². The Hall–Kier alpha value is -2.41. The highest BCUT2D eigenvalue weighted by molar-refractivity contribution is 5.38. The number of rotatable bonds is 3. The van der Waals surface area contributed by atoms with Gasteiger partial charge < -0.3 is 5.11 Å². The van der Waals surface area contributed by atoms with E-state index in [0.29, 0.717) is 17.1 Å². The Morgan fingerprint density at radius 3 is 1.25 bits per heavy atom. The highest BCUT2D eigenvalue weighted by Crippen LogP contribution is 2.35. The molecule has 1 N–H and O–H groups in total. The molecule has 3 rings (SSSR count). The van der Waals surface area contributed by atoms with Crippen LogP contribution in [-0.4, -0.2) is 34.4 Å². The van der Waals surface area contributed by atoms with E-state index in [2.05, 4.69) is 15.3 Å². The van der Waals surface area contributed by atoms with Gasteiger partial charge in [0, 0.05) is 39.7 Å². The highest BCUT2D eigenvalue weighted by Gasteiger charge is 2.41. The van der Waals surface area contributed by atoms with Crippen LogP contribution >= 0.6 is 0 Å². The third kappa shape index (κ3) is 1.60. The molecule has 20 heavy (non-hydrogen) atoms. The lowest BCUT2D eigenvalue weighted by molar-refractivity contribution is 0.0975. The Labute approximate surface area is 116 Å². The largest absolute Gasteiger partial charge is 0.372 e. The molecule has 0 radical (unpaired) electrons. The second kappa shape index (κ2) is 4.31. The number of aryl methyl sites for hydroxylation is 3. The van der Waals surface area contributed by atoms with Gasteiger partial charge in [0.15, 0.2) is 5.60 Å². The summed E-state index contributed by atoms with van der Waals surface area (Å²) in [6.45, 7) is 0. The van der Waals surface area contributed by atoms with Gasteiger partial charge in [0.2, 0.25) is 0 Å². The lowest BCUT2D eigenvalue weighted by Gasteiger charge is -2.28. The van der Waals surface area contributed by atoms with E-state index in [1.54, 1.807) is 72.0 Å². The zero-order valence-corrected chi connectivity index (χ0v) is 11.6. The van der Waals surface area contributed by atoms with Crippen LogP contribution < -0.4 is 0 Å². The van der Waals surface area contributed by atoms with E-state index in [0.717, 1.165) is 0 Å². The Morgan fingerprint density at radius 1 is 0.750 bits per heavy atom. The molecule has 0 aliphatic heterocycles. The number of nitrogens with zero attached hydrogens (tertiary/aromatic N) is 6. The molecule has 0 aliphatic carbocycles. The average Bonchev–Trinajstić information content (AvgIpc) is 3.10. The summed E-state index contributed by atoms with van der Waals surface area (Å²) in [5.41, 5.74) is 0.612. The monoisotopic (exact) mass is 272 g/mol. The minimum atomic E-state index is -1.36. The Kier molecular flexibility index (Phi) is 2.72. The van der Waals surface area contributed by atoms with Crippen molar-refractivity contribution in [2.75, 3.05) is 0 Å². The van der Waals surface area contributed by atoms with Gasteiger partial charge in [0.25, 0.3) is 0 Å². The van der Waals surface area contributed by atoms with Crippen LogP contribution in [0.2, 0.25) is 0 Å². The van der Waals surface area contributed by atoms with E-state index in [1.165, 1.54) is 0 Å². The van der Waals surface area contributed by atoms with Crippen LogP contribution in [0.5, 0.6) is 0 Å². The lowest BCUT2D eigenvalue weighted by Crippen LogP contribution is -2.35. The van der Waals surface area contributed by atoms with Crippen molar-refractivity contribution in [1.82, 2.24) is 29.3 Å². The topological polar surface area (TPSA) is 73.7 Å². The number of aromatic nitrogens is 6. The van der Waals surface area contributed by atoms with Crippen LogP contribution in [-0.2, 0) is 26.7 Å². The molecule has 7 heteroatoms. The minimum Gasteiger partial charge on any atom is -0.372 e. The summed E-state index contributed by atoms with van der Waals surface area (Å²) in [5, 5.41) is 23.9. The minimum absolute atomic E-state index is 0.657. The van der Waals surface area contributed by atoms with Gasteiger partial charge in [-0.15, -0.1) is 0 Å². The van der Waals surface area contributed by atoms with E-state index in [-0.39, 0.29) is 0 Å². The van der Waals surface area contributed by atoms with E-state index in [4.69, 9.17) is 0 Å². The van der Waals surface area contributed by atoms with Gasteiger partial charge >= 0.3 is 0 Å². The van der Waals surface area contributed by atoms with Gasteiger partial charge in [-0.2, -0.15) is 15.3 Å². The Balaban J connectivity index is 2.32. The van der Waals surface area contributed by atoms with Crippen molar-refractivity contribution >= 4 is 0 Å². The average molecular weight is 272 g/mol. The molecular weight excluding hydrogens is 256 g/mol. The Bertz CT molecular complexity index is 639. The molecule has 0 atom stereocenters. The molecule has 0 saturated heterocycles. The molecule has 7 nitrogen and oxygen atoms in total. The van der Waals surface area contributed by atoms with Crippen molar-refractivity contribution in [3.05, 3.63) is 53.9 Å². The quantitative estimate of drug-likeness (QED) is 0.737. The van der Waals surface area contributed by atoms with Crippen LogP contribution in [0.15, 0.2) is 36.8 Å². The van der Waals surface area contributed by atoms with Crippen molar-refractivity contribution in [1.29, 1.82) is 0 Å². The van der Waals surface area contributed by atoms with Crippen LogP contribution in [0.1, 0.15) is 17.1 Å². The van der Waals surface area contributed by atoms with Crippen LogP contribution in [0, 0.1) is 0 Å². The first-order valence-corrected chi connectivity index (χ1v) is 6.23. The molecule has 3 aromatic rings. The van der Waals surface area contributed by atoms with Gasteiger partial charge in [0.1, 0.15) is 0 Å². The first kappa shape index (κ1) is 12.6. The fourth-order valence-corrected chi connectivity index (χ4v) is 2.58. The maximum absolute atomic E-state index is 11.5. The van der Waals surface area contributed by atoms with Crippen molar-refractivity contribution in [3.8, 4) is 0 Å². The van der Waals surface area contributed by atoms with Crippen molar-refractivity contribution < 1.29 is 5.11 Å². The van der Waals surface area contributed by atoms with Crippen molar-refractivity contribution in [2.45, 2.75) is 5.60 Å². The molecule has 0 aromatic carbocycles. The van der Waals surface area contributed by atoms with Gasteiger partial charge in [-0.1, -0.05) is 0 Å². The van der Waals surface area contributed by atoms with E-state index < -0.39 is 5.60 Å². The molecule has 0 spiro atoms. The summed E-state index contributed by atoms with van der Waals surface area (Å²) in [7, 11) is 5.40. The SMILES string of the molecule is Cn1nccc1C(O)(c1ccnn1C)c1ccnn1C. The molecule has 3 heterocycles. The van der Waals surface area contributed by atoms with Crippen LogP contribution in [0.4, 0.5) is 0 Å². The highest BCUT2D eigenvalue weighted by atomic mass is 16.3. The second-order valence-electron chi connectivity index (χ2n) is 4.73. The molecular formula is C13H16N6O. The molecule has 3 aromatic heterocycles. The van der Waals surface area contributed by atoms with Crippen LogP contribution in [0.25, 0.3) is 0 Å². The predicted octanol–water partition coefficient (Wildman–Crippen LogP) is 0.171. The summed E-state index contributed by atoms with van der Waals surface area (Å²) in [4.78, 5) is 0. The molecule has 0 fully saturated rings. The maximum atomic E-state index is 11.5. The summed E-state index contributed by atoms with van der Waals surface area (Å²) >= 11 is 0. The van der Waals surface area contributed by atoms with E-state index in [1.807, 2.05) is 0 Å². The fraction of sp³-hybridized carbons (Fsp3) is 0.308. The normalized spacial score (nSPS) is 12.0. The lowest BCUT2D eigenvalue weighted by atomic mass is 9.91. The number of aliphatic hydroxyl groups is 1. The van der Waals surface area contributed by atoms with Gasteiger partial charge in [-0.05, 0) is 18.2 Å². The zero-order chi connectivity index (χ0) is 14.3. The number of hydrogen-bond acceptors (Lipinski definition) is 4.